The Bertz CT molecular complexity index is 402. The van der Waals surface area contributed by atoms with Gasteiger partial charge in [0.25, 0.3) is 5.56 Å². The number of aliphatic hydroxyl groups is 1. The van der Waals surface area contributed by atoms with Crippen LogP contribution in [0.2, 0.25) is 0 Å². The Hall–Kier alpha value is -1.69. The maximum Gasteiger partial charge on any atom is 0.308 e. The number of carbonyl (C=O) groups excluding carboxylic acids is 1. The van der Waals surface area contributed by atoms with Crippen molar-refractivity contribution in [1.29, 1.82) is 0 Å². The van der Waals surface area contributed by atoms with E-state index in [1.807, 2.05) is 0 Å². The van der Waals surface area contributed by atoms with Crippen molar-refractivity contribution in [2.75, 3.05) is 6.61 Å². The van der Waals surface area contributed by atoms with E-state index in [1.165, 1.54) is 18.3 Å². The molecule has 1 aromatic heterocycles. The molecule has 6 nitrogen and oxygen atoms in total. The van der Waals surface area contributed by atoms with Gasteiger partial charge in [-0.2, -0.15) is 5.10 Å². The second-order valence-electron chi connectivity index (χ2n) is 3.21. The predicted molar refractivity (Wildman–Crippen MR) is 55.8 cm³/mol. The molecule has 0 aliphatic rings. The monoisotopic (exact) mass is 226 g/mol. The van der Waals surface area contributed by atoms with Gasteiger partial charge >= 0.3 is 5.97 Å². The Balaban J connectivity index is 2.52. The average Bonchev–Trinajstić information content (AvgIpc) is 2.21. The molecule has 1 unspecified atom stereocenters. The molecule has 0 amide bonds. The Labute approximate surface area is 92.5 Å². The zero-order valence-electron chi connectivity index (χ0n) is 9.00. The maximum atomic E-state index is 11.2. The first-order valence-corrected chi connectivity index (χ1v) is 4.99. The first-order chi connectivity index (χ1) is 7.63. The Morgan fingerprint density at radius 3 is 3.06 bits per heavy atom. The molecule has 1 atom stereocenters. The van der Waals surface area contributed by atoms with Crippen molar-refractivity contribution in [3.8, 4) is 0 Å². The predicted octanol–water partition coefficient (Wildman–Crippen LogP) is -0.443. The lowest BCUT2D eigenvalue weighted by atomic mass is 10.2. The average molecular weight is 226 g/mol. The largest absolute Gasteiger partial charge is 0.466 e. The number of carbonyl (C=O) groups is 1. The Kier molecular flexibility index (Phi) is 4.65. The number of aliphatic hydroxyl groups excluding tert-OH is 1. The molecule has 0 aliphatic heterocycles. The van der Waals surface area contributed by atoms with Gasteiger partial charge in [0.2, 0.25) is 0 Å². The molecule has 0 radical (unpaired) electrons. The lowest BCUT2D eigenvalue weighted by molar-refractivity contribution is -0.145. The maximum absolute atomic E-state index is 11.2. The summed E-state index contributed by atoms with van der Waals surface area (Å²) in [7, 11) is 0. The van der Waals surface area contributed by atoms with Gasteiger partial charge in [0.05, 0.1) is 25.7 Å². The summed E-state index contributed by atoms with van der Waals surface area (Å²) >= 11 is 0. The fourth-order valence-corrected chi connectivity index (χ4v) is 1.20. The number of nitrogens with zero attached hydrogens (tertiary/aromatic N) is 2. The van der Waals surface area contributed by atoms with Gasteiger partial charge in [-0.3, -0.25) is 9.59 Å². The van der Waals surface area contributed by atoms with Gasteiger partial charge in [-0.25, -0.2) is 4.68 Å². The third kappa shape index (κ3) is 3.82. The summed E-state index contributed by atoms with van der Waals surface area (Å²) in [6, 6.07) is 2.85. The fourth-order valence-electron chi connectivity index (χ4n) is 1.20. The first kappa shape index (κ1) is 12.4. The van der Waals surface area contributed by atoms with Crippen LogP contribution in [0.15, 0.2) is 23.1 Å². The number of aromatic nitrogens is 2. The van der Waals surface area contributed by atoms with Crippen molar-refractivity contribution in [2.45, 2.75) is 26.0 Å². The van der Waals surface area contributed by atoms with Crippen LogP contribution in [0.25, 0.3) is 0 Å². The summed E-state index contributed by atoms with van der Waals surface area (Å²) in [5.74, 6) is -0.487. The molecule has 0 spiro atoms. The molecule has 1 heterocycles. The molecule has 0 bridgehead atoms. The lowest BCUT2D eigenvalue weighted by Gasteiger charge is -2.10. The van der Waals surface area contributed by atoms with Gasteiger partial charge < -0.3 is 9.84 Å². The van der Waals surface area contributed by atoms with E-state index >= 15 is 0 Å². The van der Waals surface area contributed by atoms with Crippen molar-refractivity contribution in [2.24, 2.45) is 0 Å². The van der Waals surface area contributed by atoms with E-state index < -0.39 is 12.1 Å². The minimum atomic E-state index is -0.966. The van der Waals surface area contributed by atoms with Crippen LogP contribution in [0.5, 0.6) is 0 Å². The zero-order valence-corrected chi connectivity index (χ0v) is 9.00. The summed E-state index contributed by atoms with van der Waals surface area (Å²) < 4.78 is 5.77. The summed E-state index contributed by atoms with van der Waals surface area (Å²) in [4.78, 5) is 22.3. The van der Waals surface area contributed by atoms with Gasteiger partial charge in [0.1, 0.15) is 0 Å². The minimum absolute atomic E-state index is 0.0154. The van der Waals surface area contributed by atoms with E-state index in [2.05, 4.69) is 9.84 Å². The standard InChI is InChI=1S/C10H14N2O4/c1-2-16-10(15)6-8(13)7-12-9(14)4-3-5-11-12/h3-5,8,13H,2,6-7H2,1H3. The third-order valence-electron chi connectivity index (χ3n) is 1.88. The molecular weight excluding hydrogens is 212 g/mol. The van der Waals surface area contributed by atoms with Crippen LogP contribution in [0.3, 0.4) is 0 Å². The summed E-state index contributed by atoms with van der Waals surface area (Å²) in [6.45, 7) is 1.95. The van der Waals surface area contributed by atoms with E-state index in [1.54, 1.807) is 6.92 Å². The Morgan fingerprint density at radius 1 is 1.69 bits per heavy atom. The fraction of sp³-hybridized carbons (Fsp3) is 0.500. The second-order valence-corrected chi connectivity index (χ2v) is 3.21. The first-order valence-electron chi connectivity index (χ1n) is 4.99. The van der Waals surface area contributed by atoms with Crippen molar-refractivity contribution in [1.82, 2.24) is 9.78 Å². The van der Waals surface area contributed by atoms with Gasteiger partial charge in [-0.1, -0.05) is 0 Å². The van der Waals surface area contributed by atoms with Crippen LogP contribution in [0.1, 0.15) is 13.3 Å². The molecule has 0 aromatic carbocycles. The highest BCUT2D eigenvalue weighted by atomic mass is 16.5. The highest BCUT2D eigenvalue weighted by Crippen LogP contribution is 1.96. The van der Waals surface area contributed by atoms with E-state index in [0.29, 0.717) is 0 Å². The van der Waals surface area contributed by atoms with Crippen LogP contribution in [0.4, 0.5) is 0 Å². The SMILES string of the molecule is CCOC(=O)CC(O)Cn1ncccc1=O. The Morgan fingerprint density at radius 2 is 2.44 bits per heavy atom. The van der Waals surface area contributed by atoms with Crippen molar-refractivity contribution < 1.29 is 14.6 Å². The summed E-state index contributed by atoms with van der Waals surface area (Å²) in [5.41, 5.74) is -0.314. The minimum Gasteiger partial charge on any atom is -0.466 e. The number of hydrogen-bond donors (Lipinski definition) is 1. The molecule has 6 heteroatoms. The van der Waals surface area contributed by atoms with Crippen molar-refractivity contribution in [3.05, 3.63) is 28.7 Å². The number of rotatable bonds is 5. The second kappa shape index (κ2) is 6.02. The molecular formula is C10H14N2O4. The van der Waals surface area contributed by atoms with Gasteiger partial charge in [-0.15, -0.1) is 0 Å². The molecule has 1 rings (SSSR count). The highest BCUT2D eigenvalue weighted by molar-refractivity contribution is 5.69. The van der Waals surface area contributed by atoms with E-state index in [-0.39, 0.29) is 25.1 Å². The zero-order chi connectivity index (χ0) is 12.0. The van der Waals surface area contributed by atoms with E-state index in [4.69, 9.17) is 0 Å². The smallest absolute Gasteiger partial charge is 0.308 e. The third-order valence-corrected chi connectivity index (χ3v) is 1.88. The van der Waals surface area contributed by atoms with Crippen LogP contribution in [-0.4, -0.2) is 33.6 Å². The van der Waals surface area contributed by atoms with Gasteiger partial charge in [0, 0.05) is 12.3 Å². The van der Waals surface area contributed by atoms with Crippen LogP contribution < -0.4 is 5.56 Å². The van der Waals surface area contributed by atoms with Gasteiger partial charge in [-0.05, 0) is 13.0 Å². The number of ether oxygens (including phenoxy) is 1. The highest BCUT2D eigenvalue weighted by Gasteiger charge is 2.13. The molecule has 0 aliphatic carbocycles. The molecule has 1 aromatic rings. The van der Waals surface area contributed by atoms with Crippen LogP contribution >= 0.6 is 0 Å². The molecule has 1 N–H and O–H groups in total. The molecule has 16 heavy (non-hydrogen) atoms. The molecule has 0 saturated heterocycles. The van der Waals surface area contributed by atoms with E-state index in [0.717, 1.165) is 4.68 Å². The van der Waals surface area contributed by atoms with Crippen LogP contribution in [0, 0.1) is 0 Å². The molecule has 88 valence electrons. The van der Waals surface area contributed by atoms with Crippen molar-refractivity contribution >= 4 is 5.97 Å². The quantitative estimate of drug-likeness (QED) is 0.688. The van der Waals surface area contributed by atoms with Crippen molar-refractivity contribution in [3.63, 3.8) is 0 Å². The molecule has 0 fully saturated rings. The lowest BCUT2D eigenvalue weighted by Crippen LogP contribution is -2.29. The summed E-state index contributed by atoms with van der Waals surface area (Å²) in [6.07, 6.45) is 0.335. The number of hydrogen-bond acceptors (Lipinski definition) is 5. The molecule has 0 saturated carbocycles. The summed E-state index contributed by atoms with van der Waals surface area (Å²) in [5, 5.41) is 13.3. The normalized spacial score (nSPS) is 12.1. The van der Waals surface area contributed by atoms with Gasteiger partial charge in [0.15, 0.2) is 0 Å². The number of esters is 1. The van der Waals surface area contributed by atoms with E-state index in [9.17, 15) is 14.7 Å². The van der Waals surface area contributed by atoms with Crippen LogP contribution in [-0.2, 0) is 16.1 Å². The topological polar surface area (TPSA) is 81.4 Å².